The number of non-ortho nitro benzene ring substituents is 1. The fourth-order valence-corrected chi connectivity index (χ4v) is 7.41. The van der Waals surface area contributed by atoms with Crippen LogP contribution in [0.1, 0.15) is 48.5 Å². The summed E-state index contributed by atoms with van der Waals surface area (Å²) in [4.78, 5) is 28.7. The third-order valence-corrected chi connectivity index (χ3v) is 9.85. The molecule has 41 heavy (non-hydrogen) atoms. The lowest BCUT2D eigenvalue weighted by Gasteiger charge is -2.34. The van der Waals surface area contributed by atoms with Crippen molar-refractivity contribution < 1.29 is 22.5 Å². The number of carbonyl (C=O) groups excluding carboxylic acids is 1. The number of fused-ring (bicyclic) bond motifs is 1. The van der Waals surface area contributed by atoms with Crippen molar-refractivity contribution in [1.29, 1.82) is 0 Å². The van der Waals surface area contributed by atoms with E-state index in [-0.39, 0.29) is 27.3 Å². The molecule has 212 valence electrons. The van der Waals surface area contributed by atoms with Crippen LogP contribution in [0.25, 0.3) is 10.2 Å². The van der Waals surface area contributed by atoms with Crippen LogP contribution in [0.5, 0.6) is 0 Å². The summed E-state index contributed by atoms with van der Waals surface area (Å²) in [5.41, 5.74) is 1.05. The van der Waals surface area contributed by atoms with E-state index >= 15 is 0 Å². The summed E-state index contributed by atoms with van der Waals surface area (Å²) in [6.45, 7) is 2.44. The zero-order valence-corrected chi connectivity index (χ0v) is 23.6. The van der Waals surface area contributed by atoms with Gasteiger partial charge >= 0.3 is 0 Å². The minimum atomic E-state index is -3.73. The highest BCUT2D eigenvalue weighted by atomic mass is 32.2. The highest BCUT2D eigenvalue weighted by Gasteiger charge is 2.32. The molecule has 1 fully saturated rings. The standard InChI is InChI=1S/C28H26FN5O5S2/c1-2-22-5-3-4-16-32(22)41(38,39)24-13-8-20(9-14-24)27(35)33(28-31-25-15-10-21(29)17-26(25)40-28)30-18-19-6-11-23(12-7-19)34(36)37/h6-15,17-18,22H,2-5,16H2,1H3/b30-18+. The largest absolute Gasteiger partial charge is 0.280 e. The van der Waals surface area contributed by atoms with Gasteiger partial charge in [0.15, 0.2) is 0 Å². The molecule has 1 atom stereocenters. The smallest absolute Gasteiger partial charge is 0.267 e. The van der Waals surface area contributed by atoms with Crippen LogP contribution in [0.2, 0.25) is 0 Å². The Morgan fingerprint density at radius 1 is 1.17 bits per heavy atom. The van der Waals surface area contributed by atoms with Gasteiger partial charge in [-0.15, -0.1) is 0 Å². The van der Waals surface area contributed by atoms with Crippen molar-refractivity contribution in [2.75, 3.05) is 11.6 Å². The number of hydrogen-bond donors (Lipinski definition) is 0. The van der Waals surface area contributed by atoms with Gasteiger partial charge in [-0.2, -0.15) is 14.4 Å². The lowest BCUT2D eigenvalue weighted by molar-refractivity contribution is -0.384. The Morgan fingerprint density at radius 3 is 2.59 bits per heavy atom. The first-order valence-corrected chi connectivity index (χ1v) is 15.2. The number of halogens is 1. The Labute approximate surface area is 239 Å². The van der Waals surface area contributed by atoms with Gasteiger partial charge in [-0.1, -0.05) is 24.7 Å². The van der Waals surface area contributed by atoms with Crippen LogP contribution in [0.3, 0.4) is 0 Å². The number of nitro groups is 1. The van der Waals surface area contributed by atoms with Crippen LogP contribution in [0.4, 0.5) is 15.2 Å². The topological polar surface area (TPSA) is 126 Å². The van der Waals surface area contributed by atoms with Gasteiger partial charge in [0.2, 0.25) is 15.2 Å². The van der Waals surface area contributed by atoms with E-state index in [4.69, 9.17) is 0 Å². The van der Waals surface area contributed by atoms with Crippen LogP contribution in [0, 0.1) is 15.9 Å². The summed E-state index contributed by atoms with van der Waals surface area (Å²) in [6.07, 6.45) is 4.70. The molecule has 0 aliphatic carbocycles. The summed E-state index contributed by atoms with van der Waals surface area (Å²) in [6, 6.07) is 15.3. The number of benzene rings is 3. The lowest BCUT2D eigenvalue weighted by atomic mass is 10.0. The molecule has 1 aliphatic rings. The highest BCUT2D eigenvalue weighted by Crippen LogP contribution is 2.31. The maximum absolute atomic E-state index is 13.8. The van der Waals surface area contributed by atoms with E-state index in [1.54, 1.807) is 4.31 Å². The van der Waals surface area contributed by atoms with E-state index < -0.39 is 26.7 Å². The lowest BCUT2D eigenvalue weighted by Crippen LogP contribution is -2.43. The molecule has 10 nitrogen and oxygen atoms in total. The molecule has 1 aliphatic heterocycles. The molecule has 2 heterocycles. The molecule has 1 amide bonds. The molecule has 3 aromatic carbocycles. The molecule has 1 unspecified atom stereocenters. The molecule has 0 saturated carbocycles. The number of thiazole rings is 1. The van der Waals surface area contributed by atoms with E-state index in [1.807, 2.05) is 6.92 Å². The fraction of sp³-hybridized carbons (Fsp3) is 0.250. The van der Waals surface area contributed by atoms with Crippen LogP contribution in [-0.2, 0) is 10.0 Å². The second-order valence-electron chi connectivity index (χ2n) is 9.52. The van der Waals surface area contributed by atoms with Crippen molar-refractivity contribution in [1.82, 2.24) is 9.29 Å². The van der Waals surface area contributed by atoms with Gasteiger partial charge in [-0.3, -0.25) is 14.9 Å². The van der Waals surface area contributed by atoms with Crippen molar-refractivity contribution in [2.45, 2.75) is 43.5 Å². The van der Waals surface area contributed by atoms with Crippen molar-refractivity contribution in [2.24, 2.45) is 5.10 Å². The summed E-state index contributed by atoms with van der Waals surface area (Å²) in [5, 5.41) is 16.5. The number of nitrogens with zero attached hydrogens (tertiary/aromatic N) is 5. The molecule has 13 heteroatoms. The summed E-state index contributed by atoms with van der Waals surface area (Å²) in [5.74, 6) is -1.04. The first-order chi connectivity index (χ1) is 19.7. The van der Waals surface area contributed by atoms with Gasteiger partial charge in [0.05, 0.1) is 26.3 Å². The molecule has 0 N–H and O–H groups in total. The molecule has 1 saturated heterocycles. The average molecular weight is 596 g/mol. The van der Waals surface area contributed by atoms with Gasteiger partial charge in [-0.25, -0.2) is 17.8 Å². The van der Waals surface area contributed by atoms with Crippen LogP contribution >= 0.6 is 11.3 Å². The van der Waals surface area contributed by atoms with Gasteiger partial charge in [0.25, 0.3) is 11.6 Å². The van der Waals surface area contributed by atoms with Gasteiger partial charge < -0.3 is 0 Å². The number of carbonyl (C=O) groups is 1. The Balaban J connectivity index is 1.47. The predicted molar refractivity (Wildman–Crippen MR) is 155 cm³/mol. The van der Waals surface area contributed by atoms with Gasteiger partial charge in [0.1, 0.15) is 5.82 Å². The third kappa shape index (κ3) is 6.01. The highest BCUT2D eigenvalue weighted by molar-refractivity contribution is 7.89. The molecular weight excluding hydrogens is 569 g/mol. The number of amides is 1. The van der Waals surface area contributed by atoms with Crippen molar-refractivity contribution >= 4 is 54.5 Å². The quantitative estimate of drug-likeness (QED) is 0.140. The van der Waals surface area contributed by atoms with Gasteiger partial charge in [-0.05, 0) is 79.4 Å². The molecular formula is C28H26FN5O5S2. The number of hydrazone groups is 1. The first kappa shape index (κ1) is 28.5. The predicted octanol–water partition coefficient (Wildman–Crippen LogP) is 5.98. The molecule has 0 spiro atoms. The number of anilines is 1. The Bertz CT molecular complexity index is 1720. The fourth-order valence-electron chi connectivity index (χ4n) is 4.70. The zero-order chi connectivity index (χ0) is 29.1. The normalized spacial score (nSPS) is 16.3. The molecule has 1 aromatic heterocycles. The van der Waals surface area contributed by atoms with Crippen LogP contribution in [0.15, 0.2) is 76.7 Å². The van der Waals surface area contributed by atoms with Crippen LogP contribution in [-0.4, -0.2) is 47.3 Å². The Morgan fingerprint density at radius 2 is 1.90 bits per heavy atom. The molecule has 5 rings (SSSR count). The molecule has 0 bridgehead atoms. The molecule has 4 aromatic rings. The van der Waals surface area contributed by atoms with E-state index in [9.17, 15) is 27.7 Å². The Kier molecular flexibility index (Phi) is 8.20. The average Bonchev–Trinajstić information content (AvgIpc) is 3.40. The number of piperidine rings is 1. The summed E-state index contributed by atoms with van der Waals surface area (Å²) < 4.78 is 42.6. The zero-order valence-electron chi connectivity index (χ0n) is 22.0. The number of rotatable bonds is 8. The second-order valence-corrected chi connectivity index (χ2v) is 12.4. The van der Waals surface area contributed by atoms with E-state index in [0.29, 0.717) is 22.3 Å². The number of hydrogen-bond acceptors (Lipinski definition) is 8. The maximum Gasteiger partial charge on any atom is 0.280 e. The minimum absolute atomic E-state index is 0.0526. The summed E-state index contributed by atoms with van der Waals surface area (Å²) in [7, 11) is -3.73. The number of nitro benzene ring substituents is 1. The van der Waals surface area contributed by atoms with E-state index in [0.717, 1.165) is 42.0 Å². The van der Waals surface area contributed by atoms with Crippen molar-refractivity contribution in [3.05, 3.63) is 93.8 Å². The maximum atomic E-state index is 13.8. The SMILES string of the molecule is CCC1CCCCN1S(=O)(=O)c1ccc(C(=O)N(/N=C/c2ccc([N+](=O)[O-])cc2)c2nc3ccc(F)cc3s2)cc1. The Hall–Kier alpha value is -4.07. The van der Waals surface area contributed by atoms with Gasteiger partial charge in [0, 0.05) is 30.3 Å². The number of sulfonamides is 1. The second kappa shape index (κ2) is 11.8. The first-order valence-electron chi connectivity index (χ1n) is 13.0. The summed E-state index contributed by atoms with van der Waals surface area (Å²) >= 11 is 1.06. The van der Waals surface area contributed by atoms with Crippen molar-refractivity contribution in [3.63, 3.8) is 0 Å². The minimum Gasteiger partial charge on any atom is -0.267 e. The van der Waals surface area contributed by atoms with Crippen LogP contribution < -0.4 is 5.01 Å². The van der Waals surface area contributed by atoms with E-state index in [2.05, 4.69) is 10.1 Å². The van der Waals surface area contributed by atoms with E-state index in [1.165, 1.54) is 72.9 Å². The monoisotopic (exact) mass is 595 g/mol. The number of aromatic nitrogens is 1. The van der Waals surface area contributed by atoms with Crippen molar-refractivity contribution in [3.8, 4) is 0 Å². The molecule has 0 radical (unpaired) electrons. The third-order valence-electron chi connectivity index (χ3n) is 6.89.